The van der Waals surface area contributed by atoms with E-state index in [4.69, 9.17) is 16.0 Å². The number of likely N-dealkylation sites (tertiary alicyclic amines) is 1. The highest BCUT2D eigenvalue weighted by Gasteiger charge is 2.26. The molecule has 0 saturated carbocycles. The Balaban J connectivity index is 1.32. The number of furan rings is 1. The van der Waals surface area contributed by atoms with Gasteiger partial charge in [0.15, 0.2) is 5.76 Å². The molecule has 0 N–H and O–H groups in total. The summed E-state index contributed by atoms with van der Waals surface area (Å²) >= 11 is 6.12. The Morgan fingerprint density at radius 1 is 1.00 bits per heavy atom. The highest BCUT2D eigenvalue weighted by atomic mass is 35.5. The van der Waals surface area contributed by atoms with Crippen LogP contribution in [0.5, 0.6) is 0 Å². The number of rotatable bonds is 6. The molecule has 156 valence electrons. The van der Waals surface area contributed by atoms with Crippen molar-refractivity contribution in [1.82, 2.24) is 4.90 Å². The molecule has 1 aliphatic rings. The Morgan fingerprint density at radius 3 is 2.43 bits per heavy atom. The molecule has 4 rings (SSSR count). The van der Waals surface area contributed by atoms with Gasteiger partial charge in [0.1, 0.15) is 5.76 Å². The Hall–Kier alpha value is -2.37. The molecular weight excluding hydrogens is 418 g/mol. The van der Waals surface area contributed by atoms with E-state index in [-0.39, 0.29) is 11.7 Å². The highest BCUT2D eigenvalue weighted by molar-refractivity contribution is 7.84. The molecule has 2 heterocycles. The van der Waals surface area contributed by atoms with Gasteiger partial charge in [0.25, 0.3) is 5.91 Å². The normalized spacial score (nSPS) is 15.8. The summed E-state index contributed by atoms with van der Waals surface area (Å²) in [5.41, 5.74) is 1.35. The van der Waals surface area contributed by atoms with Crippen molar-refractivity contribution in [1.29, 1.82) is 0 Å². The van der Waals surface area contributed by atoms with Gasteiger partial charge in [-0.15, -0.1) is 0 Å². The van der Waals surface area contributed by atoms with Gasteiger partial charge in [-0.3, -0.25) is 9.00 Å². The zero-order valence-corrected chi connectivity index (χ0v) is 18.2. The lowest BCUT2D eigenvalue weighted by Gasteiger charge is -2.31. The van der Waals surface area contributed by atoms with Crippen LogP contribution < -0.4 is 0 Å². The third kappa shape index (κ3) is 5.02. The molecule has 1 unspecified atom stereocenters. The number of carbonyl (C=O) groups is 1. The van der Waals surface area contributed by atoms with Crippen molar-refractivity contribution in [3.05, 3.63) is 88.8 Å². The van der Waals surface area contributed by atoms with Crippen molar-refractivity contribution in [2.75, 3.05) is 13.1 Å². The lowest BCUT2D eigenvalue weighted by Crippen LogP contribution is -2.38. The Labute approximate surface area is 184 Å². The fourth-order valence-electron chi connectivity index (χ4n) is 3.85. The van der Waals surface area contributed by atoms with E-state index in [1.807, 2.05) is 11.0 Å². The summed E-state index contributed by atoms with van der Waals surface area (Å²) in [6.45, 7) is 1.47. The van der Waals surface area contributed by atoms with E-state index in [0.717, 1.165) is 32.4 Å². The van der Waals surface area contributed by atoms with Crippen LogP contribution in [-0.4, -0.2) is 28.1 Å². The highest BCUT2D eigenvalue weighted by Crippen LogP contribution is 2.25. The summed E-state index contributed by atoms with van der Waals surface area (Å²) in [5, 5.41) is 0.470. The van der Waals surface area contributed by atoms with Crippen LogP contribution in [0.25, 0.3) is 0 Å². The maximum absolute atomic E-state index is 12.8. The molecule has 0 aliphatic carbocycles. The number of hydrogen-bond acceptors (Lipinski definition) is 3. The molecule has 6 heteroatoms. The molecule has 4 nitrogen and oxygen atoms in total. The van der Waals surface area contributed by atoms with Gasteiger partial charge >= 0.3 is 0 Å². The minimum Gasteiger partial charge on any atom is -0.455 e. The van der Waals surface area contributed by atoms with Gasteiger partial charge in [-0.2, -0.15) is 0 Å². The van der Waals surface area contributed by atoms with Gasteiger partial charge in [-0.25, -0.2) is 0 Å². The van der Waals surface area contributed by atoms with Crippen LogP contribution in [0, 0.1) is 5.92 Å². The summed E-state index contributed by atoms with van der Waals surface area (Å²) in [6.07, 6.45) is 3.04. The number of benzene rings is 2. The second-order valence-corrected chi connectivity index (χ2v) is 9.44. The fraction of sp³-hybridized carbons (Fsp3) is 0.292. The monoisotopic (exact) mass is 441 g/mol. The number of hydrogen-bond donors (Lipinski definition) is 0. The van der Waals surface area contributed by atoms with E-state index in [0.29, 0.717) is 27.4 Å². The summed E-state index contributed by atoms with van der Waals surface area (Å²) in [7, 11) is -1.33. The van der Waals surface area contributed by atoms with Crippen LogP contribution in [0.4, 0.5) is 0 Å². The predicted molar refractivity (Wildman–Crippen MR) is 119 cm³/mol. The van der Waals surface area contributed by atoms with Crippen LogP contribution in [-0.2, 0) is 23.0 Å². The van der Waals surface area contributed by atoms with Gasteiger partial charge in [0.2, 0.25) is 0 Å². The molecule has 0 bridgehead atoms. The summed E-state index contributed by atoms with van der Waals surface area (Å²) in [6, 6.07) is 21.0. The van der Waals surface area contributed by atoms with E-state index in [1.165, 1.54) is 5.56 Å². The van der Waals surface area contributed by atoms with E-state index < -0.39 is 10.8 Å². The maximum Gasteiger partial charge on any atom is 0.289 e. The van der Waals surface area contributed by atoms with Crippen molar-refractivity contribution in [3.8, 4) is 0 Å². The number of amides is 1. The van der Waals surface area contributed by atoms with Crippen molar-refractivity contribution < 1.29 is 13.4 Å². The number of nitrogens with zero attached hydrogens (tertiary/aromatic N) is 1. The molecule has 30 heavy (non-hydrogen) atoms. The Morgan fingerprint density at radius 2 is 1.70 bits per heavy atom. The van der Waals surface area contributed by atoms with Gasteiger partial charge in [-0.1, -0.05) is 54.1 Å². The molecule has 1 atom stereocenters. The summed E-state index contributed by atoms with van der Waals surface area (Å²) < 4.78 is 18.3. The quantitative estimate of drug-likeness (QED) is 0.519. The average molecular weight is 442 g/mol. The SMILES string of the molecule is O=C(c1ccc(CS(=O)c2ccccc2Cl)o1)N1CCC(Cc2ccccc2)CC1. The van der Waals surface area contributed by atoms with E-state index in [2.05, 4.69) is 24.3 Å². The smallest absolute Gasteiger partial charge is 0.289 e. The Kier molecular flexibility index (Phi) is 6.70. The van der Waals surface area contributed by atoms with Gasteiger partial charge in [0.05, 0.1) is 26.5 Å². The second kappa shape index (κ2) is 9.63. The van der Waals surface area contributed by atoms with E-state index in [9.17, 15) is 9.00 Å². The van der Waals surface area contributed by atoms with Gasteiger partial charge in [-0.05, 0) is 55.0 Å². The van der Waals surface area contributed by atoms with Crippen molar-refractivity contribution in [3.63, 3.8) is 0 Å². The summed E-state index contributed by atoms with van der Waals surface area (Å²) in [4.78, 5) is 15.3. The molecule has 2 aromatic carbocycles. The number of carbonyl (C=O) groups excluding carboxylic acids is 1. The van der Waals surface area contributed by atoms with Crippen molar-refractivity contribution in [2.45, 2.75) is 29.9 Å². The second-order valence-electron chi connectivity index (χ2n) is 7.61. The molecule has 1 aliphatic heterocycles. The van der Waals surface area contributed by atoms with Gasteiger partial charge in [0, 0.05) is 13.1 Å². The molecule has 1 aromatic heterocycles. The molecule has 0 spiro atoms. The third-order valence-electron chi connectivity index (χ3n) is 5.50. The standard InChI is InChI=1S/C24H24ClNO3S/c25-21-8-4-5-9-23(21)30(28)17-20-10-11-22(29-20)24(27)26-14-12-19(13-15-26)16-18-6-2-1-3-7-18/h1-11,19H,12-17H2. The first-order valence-corrected chi connectivity index (χ1v) is 11.8. The van der Waals surface area contributed by atoms with Crippen LogP contribution in [0.3, 0.4) is 0 Å². The predicted octanol–water partition coefficient (Wildman–Crippen LogP) is 5.34. The topological polar surface area (TPSA) is 50.5 Å². The fourth-order valence-corrected chi connectivity index (χ4v) is 5.33. The van der Waals surface area contributed by atoms with Crippen LogP contribution >= 0.6 is 11.6 Å². The zero-order valence-electron chi connectivity index (χ0n) is 16.6. The molecule has 1 saturated heterocycles. The minimum absolute atomic E-state index is 0.0945. The average Bonchev–Trinajstić information content (AvgIpc) is 3.23. The van der Waals surface area contributed by atoms with Crippen LogP contribution in [0.1, 0.15) is 34.7 Å². The number of halogens is 1. The lowest BCUT2D eigenvalue weighted by molar-refractivity contribution is 0.0657. The summed E-state index contributed by atoms with van der Waals surface area (Å²) in [5.74, 6) is 1.53. The lowest BCUT2D eigenvalue weighted by atomic mass is 9.90. The molecule has 3 aromatic rings. The van der Waals surface area contributed by atoms with E-state index in [1.54, 1.807) is 36.4 Å². The Bertz CT molecular complexity index is 1030. The van der Waals surface area contributed by atoms with Crippen LogP contribution in [0.2, 0.25) is 5.02 Å². The molecule has 0 radical (unpaired) electrons. The van der Waals surface area contributed by atoms with Crippen molar-refractivity contribution >= 4 is 28.3 Å². The van der Waals surface area contributed by atoms with Crippen molar-refractivity contribution in [2.24, 2.45) is 5.92 Å². The van der Waals surface area contributed by atoms with Gasteiger partial charge < -0.3 is 9.32 Å². The van der Waals surface area contributed by atoms with E-state index >= 15 is 0 Å². The molecular formula is C24H24ClNO3S. The minimum atomic E-state index is -1.33. The first kappa shape index (κ1) is 20.9. The van der Waals surface area contributed by atoms with Crippen LogP contribution in [0.15, 0.2) is 76.0 Å². The first-order valence-electron chi connectivity index (χ1n) is 10.1. The number of piperidine rings is 1. The molecule has 1 fully saturated rings. The molecule has 1 amide bonds. The first-order chi connectivity index (χ1) is 14.6. The maximum atomic E-state index is 12.8. The zero-order chi connectivity index (χ0) is 20.9. The third-order valence-corrected chi connectivity index (χ3v) is 7.33. The largest absolute Gasteiger partial charge is 0.455 e.